The van der Waals surface area contributed by atoms with Crippen molar-refractivity contribution in [3.05, 3.63) is 58.3 Å². The van der Waals surface area contributed by atoms with Crippen molar-refractivity contribution in [3.63, 3.8) is 0 Å². The van der Waals surface area contributed by atoms with Gasteiger partial charge in [-0.25, -0.2) is 13.2 Å². The molecule has 0 saturated heterocycles. The standard InChI is InChI=1S/C15H16F3NO/c1-8-4-12(10(3)20-8)9(2)19-7-11-5-14(17)15(18)6-13(11)16/h4-6,9,19H,7H2,1-3H3. The zero-order valence-electron chi connectivity index (χ0n) is 11.6. The van der Waals surface area contributed by atoms with E-state index in [-0.39, 0.29) is 18.2 Å². The lowest BCUT2D eigenvalue weighted by molar-refractivity contribution is 0.476. The van der Waals surface area contributed by atoms with Crippen molar-refractivity contribution in [2.75, 3.05) is 0 Å². The topological polar surface area (TPSA) is 25.2 Å². The predicted octanol–water partition coefficient (Wildman–Crippen LogP) is 4.16. The highest BCUT2D eigenvalue weighted by atomic mass is 19.2. The van der Waals surface area contributed by atoms with E-state index in [1.807, 2.05) is 26.8 Å². The largest absolute Gasteiger partial charge is 0.466 e. The lowest BCUT2D eigenvalue weighted by Crippen LogP contribution is -2.19. The van der Waals surface area contributed by atoms with E-state index in [1.54, 1.807) is 0 Å². The van der Waals surface area contributed by atoms with Crippen molar-refractivity contribution < 1.29 is 17.6 Å². The number of nitrogens with one attached hydrogen (secondary N) is 1. The number of aryl methyl sites for hydroxylation is 2. The van der Waals surface area contributed by atoms with Crippen molar-refractivity contribution in [1.82, 2.24) is 5.32 Å². The highest BCUT2D eigenvalue weighted by Crippen LogP contribution is 2.22. The Morgan fingerprint density at radius 2 is 1.70 bits per heavy atom. The maximum absolute atomic E-state index is 13.5. The van der Waals surface area contributed by atoms with Gasteiger partial charge in [0.15, 0.2) is 11.6 Å². The molecule has 1 aromatic heterocycles. The van der Waals surface area contributed by atoms with E-state index in [1.165, 1.54) is 0 Å². The molecule has 1 atom stereocenters. The van der Waals surface area contributed by atoms with Crippen molar-refractivity contribution in [2.45, 2.75) is 33.4 Å². The van der Waals surface area contributed by atoms with Gasteiger partial charge in [-0.1, -0.05) is 0 Å². The van der Waals surface area contributed by atoms with Crippen molar-refractivity contribution in [2.24, 2.45) is 0 Å². The Morgan fingerprint density at radius 1 is 1.05 bits per heavy atom. The van der Waals surface area contributed by atoms with Crippen molar-refractivity contribution in [1.29, 1.82) is 0 Å². The summed E-state index contributed by atoms with van der Waals surface area (Å²) in [5.74, 6) is -1.41. The monoisotopic (exact) mass is 283 g/mol. The highest BCUT2D eigenvalue weighted by Gasteiger charge is 2.14. The number of rotatable bonds is 4. The zero-order valence-corrected chi connectivity index (χ0v) is 11.6. The average molecular weight is 283 g/mol. The minimum Gasteiger partial charge on any atom is -0.466 e. The summed E-state index contributed by atoms with van der Waals surface area (Å²) in [5, 5.41) is 3.07. The molecule has 0 aliphatic heterocycles. The van der Waals surface area contributed by atoms with Crippen molar-refractivity contribution >= 4 is 0 Å². The van der Waals surface area contributed by atoms with E-state index in [2.05, 4.69) is 5.32 Å². The van der Waals surface area contributed by atoms with Gasteiger partial charge >= 0.3 is 0 Å². The van der Waals surface area contributed by atoms with E-state index in [0.29, 0.717) is 6.07 Å². The Morgan fingerprint density at radius 3 is 2.30 bits per heavy atom. The second-order valence-corrected chi connectivity index (χ2v) is 4.83. The van der Waals surface area contributed by atoms with Gasteiger partial charge < -0.3 is 9.73 Å². The maximum atomic E-state index is 13.5. The number of hydrogen-bond acceptors (Lipinski definition) is 2. The first-order valence-electron chi connectivity index (χ1n) is 6.32. The third kappa shape index (κ3) is 3.04. The Balaban J connectivity index is 2.09. The van der Waals surface area contributed by atoms with Crippen LogP contribution in [0.4, 0.5) is 13.2 Å². The molecule has 0 radical (unpaired) electrons. The van der Waals surface area contributed by atoms with Gasteiger partial charge in [0.05, 0.1) is 0 Å². The molecule has 1 N–H and O–H groups in total. The summed E-state index contributed by atoms with van der Waals surface area (Å²) in [6.45, 7) is 5.69. The molecule has 0 saturated carbocycles. The van der Waals surface area contributed by atoms with E-state index in [4.69, 9.17) is 4.42 Å². The summed E-state index contributed by atoms with van der Waals surface area (Å²) >= 11 is 0. The second kappa shape index (κ2) is 5.71. The molecule has 1 unspecified atom stereocenters. The number of furan rings is 1. The summed E-state index contributed by atoms with van der Waals surface area (Å²) in [6.07, 6.45) is 0. The molecular weight excluding hydrogens is 267 g/mol. The SMILES string of the molecule is Cc1cc(C(C)NCc2cc(F)c(F)cc2F)c(C)o1. The summed E-state index contributed by atoms with van der Waals surface area (Å²) < 4.78 is 44.8. The summed E-state index contributed by atoms with van der Waals surface area (Å²) in [4.78, 5) is 0. The van der Waals surface area contributed by atoms with Crippen LogP contribution in [0.25, 0.3) is 0 Å². The van der Waals surface area contributed by atoms with E-state index < -0.39 is 17.5 Å². The Hall–Kier alpha value is -1.75. The molecule has 108 valence electrons. The van der Waals surface area contributed by atoms with Crippen LogP contribution >= 0.6 is 0 Å². The van der Waals surface area contributed by atoms with Crippen LogP contribution in [0, 0.1) is 31.3 Å². The maximum Gasteiger partial charge on any atom is 0.161 e. The molecule has 1 aromatic carbocycles. The molecule has 1 heterocycles. The Kier molecular flexibility index (Phi) is 4.18. The Labute approximate surface area is 115 Å². The molecule has 0 bridgehead atoms. The van der Waals surface area contributed by atoms with Gasteiger partial charge in [0.2, 0.25) is 0 Å². The number of benzene rings is 1. The van der Waals surface area contributed by atoms with Gasteiger partial charge in [-0.2, -0.15) is 0 Å². The summed E-state index contributed by atoms with van der Waals surface area (Å²) in [6, 6.07) is 3.25. The molecule has 0 fully saturated rings. The highest BCUT2D eigenvalue weighted by molar-refractivity contribution is 5.24. The van der Waals surface area contributed by atoms with Gasteiger partial charge in [0.25, 0.3) is 0 Å². The van der Waals surface area contributed by atoms with Crippen LogP contribution in [0.3, 0.4) is 0 Å². The lowest BCUT2D eigenvalue weighted by atomic mass is 10.1. The summed E-state index contributed by atoms with van der Waals surface area (Å²) in [5.41, 5.74) is 1.05. The molecule has 2 aromatic rings. The fraction of sp³-hybridized carbons (Fsp3) is 0.333. The normalized spacial score (nSPS) is 12.7. The number of halogens is 3. The molecule has 0 spiro atoms. The first-order valence-corrected chi connectivity index (χ1v) is 6.32. The first-order chi connectivity index (χ1) is 9.38. The molecule has 20 heavy (non-hydrogen) atoms. The molecule has 2 nitrogen and oxygen atoms in total. The number of hydrogen-bond donors (Lipinski definition) is 1. The molecule has 2 rings (SSSR count). The van der Waals surface area contributed by atoms with E-state index >= 15 is 0 Å². The van der Waals surface area contributed by atoms with Crippen molar-refractivity contribution in [3.8, 4) is 0 Å². The van der Waals surface area contributed by atoms with Crippen LogP contribution in [0.5, 0.6) is 0 Å². The fourth-order valence-corrected chi connectivity index (χ4v) is 2.15. The molecule has 0 aliphatic rings. The molecular formula is C15H16F3NO. The van der Waals surface area contributed by atoms with Crippen LogP contribution in [0.1, 0.15) is 35.6 Å². The van der Waals surface area contributed by atoms with Crippen LogP contribution in [-0.2, 0) is 6.54 Å². The van der Waals surface area contributed by atoms with Crippen LogP contribution in [0.15, 0.2) is 22.6 Å². The fourth-order valence-electron chi connectivity index (χ4n) is 2.15. The molecule has 5 heteroatoms. The summed E-state index contributed by atoms with van der Waals surface area (Å²) in [7, 11) is 0. The van der Waals surface area contributed by atoms with Crippen LogP contribution in [0.2, 0.25) is 0 Å². The third-order valence-electron chi connectivity index (χ3n) is 3.23. The van der Waals surface area contributed by atoms with Gasteiger partial charge in [-0.15, -0.1) is 0 Å². The lowest BCUT2D eigenvalue weighted by Gasteiger charge is -2.13. The smallest absolute Gasteiger partial charge is 0.161 e. The first kappa shape index (κ1) is 14.7. The van der Waals surface area contributed by atoms with Gasteiger partial charge in [-0.05, 0) is 32.9 Å². The molecule has 0 aliphatic carbocycles. The van der Waals surface area contributed by atoms with Crippen LogP contribution in [-0.4, -0.2) is 0 Å². The minimum atomic E-state index is -1.18. The Bertz CT molecular complexity index is 622. The van der Waals surface area contributed by atoms with E-state index in [9.17, 15) is 13.2 Å². The average Bonchev–Trinajstić information content (AvgIpc) is 2.71. The minimum absolute atomic E-state index is 0.0834. The quantitative estimate of drug-likeness (QED) is 0.852. The predicted molar refractivity (Wildman–Crippen MR) is 69.8 cm³/mol. The molecule has 0 amide bonds. The third-order valence-corrected chi connectivity index (χ3v) is 3.23. The zero-order chi connectivity index (χ0) is 14.9. The van der Waals surface area contributed by atoms with E-state index in [0.717, 1.165) is 23.2 Å². The van der Waals surface area contributed by atoms with Gasteiger partial charge in [0, 0.05) is 29.8 Å². The van der Waals surface area contributed by atoms with Crippen LogP contribution < -0.4 is 5.32 Å². The van der Waals surface area contributed by atoms with Gasteiger partial charge in [0.1, 0.15) is 17.3 Å². The van der Waals surface area contributed by atoms with Gasteiger partial charge in [-0.3, -0.25) is 0 Å². The second-order valence-electron chi connectivity index (χ2n) is 4.83.